The molecule has 1 aromatic carbocycles. The van der Waals surface area contributed by atoms with Gasteiger partial charge in [-0.2, -0.15) is 5.10 Å². The van der Waals surface area contributed by atoms with Crippen molar-refractivity contribution >= 4 is 29.6 Å². The van der Waals surface area contributed by atoms with E-state index in [1.807, 2.05) is 27.7 Å². The molecule has 0 aliphatic rings. The summed E-state index contributed by atoms with van der Waals surface area (Å²) >= 11 is 6.27. The summed E-state index contributed by atoms with van der Waals surface area (Å²) in [5, 5.41) is 6.68. The second kappa shape index (κ2) is 13.8. The van der Waals surface area contributed by atoms with Crippen LogP contribution in [0.2, 0.25) is 5.02 Å². The molecule has 9 heteroatoms. The molecule has 0 aliphatic heterocycles. The van der Waals surface area contributed by atoms with Gasteiger partial charge in [-0.25, -0.2) is 5.43 Å². The van der Waals surface area contributed by atoms with Gasteiger partial charge in [0.2, 0.25) is 0 Å². The summed E-state index contributed by atoms with van der Waals surface area (Å²) in [6.45, 7) is 9.52. The van der Waals surface area contributed by atoms with Crippen molar-refractivity contribution in [2.24, 2.45) is 5.10 Å². The fourth-order valence-electron chi connectivity index (χ4n) is 2.16. The van der Waals surface area contributed by atoms with Gasteiger partial charge in [-0.1, -0.05) is 18.5 Å². The monoisotopic (exact) mass is 427 g/mol. The summed E-state index contributed by atoms with van der Waals surface area (Å²) in [5.41, 5.74) is 2.77. The zero-order valence-corrected chi connectivity index (χ0v) is 18.2. The molecular weight excluding hydrogens is 398 g/mol. The normalized spacial score (nSPS) is 11.0. The summed E-state index contributed by atoms with van der Waals surface area (Å²) < 4.78 is 16.6. The van der Waals surface area contributed by atoms with E-state index in [-0.39, 0.29) is 6.10 Å². The molecular formula is C20H30ClN3O5. The van der Waals surface area contributed by atoms with Crippen molar-refractivity contribution in [1.29, 1.82) is 0 Å². The number of rotatable bonds is 12. The van der Waals surface area contributed by atoms with E-state index in [0.717, 1.165) is 6.42 Å². The molecule has 0 saturated carbocycles. The van der Waals surface area contributed by atoms with Crippen molar-refractivity contribution in [3.63, 3.8) is 0 Å². The zero-order valence-electron chi connectivity index (χ0n) is 17.4. The minimum Gasteiger partial charge on any atom is -0.490 e. The van der Waals surface area contributed by atoms with Crippen LogP contribution < -0.4 is 20.2 Å². The van der Waals surface area contributed by atoms with Gasteiger partial charge in [-0.3, -0.25) is 9.59 Å². The number of hydrazone groups is 1. The maximum Gasteiger partial charge on any atom is 0.329 e. The van der Waals surface area contributed by atoms with Gasteiger partial charge in [-0.15, -0.1) is 0 Å². The Hall–Kier alpha value is -2.32. The van der Waals surface area contributed by atoms with Crippen molar-refractivity contribution in [3.8, 4) is 11.5 Å². The van der Waals surface area contributed by atoms with E-state index in [2.05, 4.69) is 15.8 Å². The average Bonchev–Trinajstić information content (AvgIpc) is 2.67. The SMILES string of the molecule is CCCOc1c(Cl)cc(/C=N\NC(=O)C(=O)NCCCOC(C)C)cc1OCC. The summed E-state index contributed by atoms with van der Waals surface area (Å²) in [6, 6.07) is 3.34. The fraction of sp³-hybridized carbons (Fsp3) is 0.550. The first kappa shape index (κ1) is 24.7. The highest BCUT2D eigenvalue weighted by atomic mass is 35.5. The third kappa shape index (κ3) is 9.62. The number of carbonyl (C=O) groups is 2. The molecule has 0 spiro atoms. The van der Waals surface area contributed by atoms with Gasteiger partial charge in [0.15, 0.2) is 11.5 Å². The van der Waals surface area contributed by atoms with Crippen LogP contribution in [0.25, 0.3) is 0 Å². The molecule has 8 nitrogen and oxygen atoms in total. The number of halogens is 1. The van der Waals surface area contributed by atoms with Gasteiger partial charge in [0.25, 0.3) is 0 Å². The zero-order chi connectivity index (χ0) is 21.6. The molecule has 1 rings (SSSR count). The Balaban J connectivity index is 2.59. The van der Waals surface area contributed by atoms with Crippen LogP contribution in [-0.4, -0.2) is 50.5 Å². The van der Waals surface area contributed by atoms with E-state index in [0.29, 0.717) is 54.9 Å². The van der Waals surface area contributed by atoms with E-state index in [4.69, 9.17) is 25.8 Å². The van der Waals surface area contributed by atoms with E-state index < -0.39 is 11.8 Å². The highest BCUT2D eigenvalue weighted by Crippen LogP contribution is 2.36. The first-order valence-corrected chi connectivity index (χ1v) is 10.1. The molecule has 0 atom stereocenters. The Bertz CT molecular complexity index is 695. The van der Waals surface area contributed by atoms with E-state index in [9.17, 15) is 9.59 Å². The topological polar surface area (TPSA) is 98.2 Å². The predicted molar refractivity (Wildman–Crippen MR) is 113 cm³/mol. The molecule has 162 valence electrons. The first-order chi connectivity index (χ1) is 13.9. The van der Waals surface area contributed by atoms with Crippen molar-refractivity contribution in [3.05, 3.63) is 22.7 Å². The number of ether oxygens (including phenoxy) is 3. The van der Waals surface area contributed by atoms with Crippen LogP contribution >= 0.6 is 11.6 Å². The standard InChI is InChI=1S/C20H30ClN3O5/c1-5-9-29-18-16(21)11-15(12-17(18)27-6-2)13-23-24-20(26)19(25)22-8-7-10-28-14(3)4/h11-14H,5-10H2,1-4H3,(H,22,25)(H,24,26)/b23-13-. The molecule has 0 aromatic heterocycles. The smallest absolute Gasteiger partial charge is 0.329 e. The summed E-state index contributed by atoms with van der Waals surface area (Å²) in [7, 11) is 0. The van der Waals surface area contributed by atoms with Crippen LogP contribution in [0.4, 0.5) is 0 Å². The minimum absolute atomic E-state index is 0.132. The van der Waals surface area contributed by atoms with Gasteiger partial charge in [0.05, 0.1) is 30.6 Å². The molecule has 0 radical (unpaired) electrons. The third-order valence-electron chi connectivity index (χ3n) is 3.43. The van der Waals surface area contributed by atoms with Crippen molar-refractivity contribution < 1.29 is 23.8 Å². The van der Waals surface area contributed by atoms with Crippen LogP contribution in [0.15, 0.2) is 17.2 Å². The number of hydrogen-bond acceptors (Lipinski definition) is 6. The molecule has 0 heterocycles. The number of benzene rings is 1. The number of carbonyl (C=O) groups excluding carboxylic acids is 2. The van der Waals surface area contributed by atoms with Crippen LogP contribution in [0.3, 0.4) is 0 Å². The van der Waals surface area contributed by atoms with Crippen molar-refractivity contribution in [2.75, 3.05) is 26.4 Å². The molecule has 2 amide bonds. The third-order valence-corrected chi connectivity index (χ3v) is 3.71. The quantitative estimate of drug-likeness (QED) is 0.231. The van der Waals surface area contributed by atoms with Crippen LogP contribution in [0.5, 0.6) is 11.5 Å². The Kier molecular flexibility index (Phi) is 11.8. The summed E-state index contributed by atoms with van der Waals surface area (Å²) in [6.07, 6.45) is 2.96. The molecule has 0 saturated heterocycles. The lowest BCUT2D eigenvalue weighted by molar-refractivity contribution is -0.139. The molecule has 0 unspecified atom stereocenters. The van der Waals surface area contributed by atoms with Crippen molar-refractivity contribution in [2.45, 2.75) is 46.6 Å². The molecule has 0 bridgehead atoms. The lowest BCUT2D eigenvalue weighted by Gasteiger charge is -2.13. The molecule has 2 N–H and O–H groups in total. The van der Waals surface area contributed by atoms with Crippen LogP contribution in [0, 0.1) is 0 Å². The lowest BCUT2D eigenvalue weighted by Crippen LogP contribution is -2.38. The fourth-order valence-corrected chi connectivity index (χ4v) is 2.43. The van der Waals surface area contributed by atoms with Gasteiger partial charge in [0.1, 0.15) is 0 Å². The first-order valence-electron chi connectivity index (χ1n) is 9.70. The highest BCUT2D eigenvalue weighted by molar-refractivity contribution is 6.35. The van der Waals surface area contributed by atoms with Gasteiger partial charge < -0.3 is 19.5 Å². The van der Waals surface area contributed by atoms with Gasteiger partial charge in [0, 0.05) is 13.2 Å². The maximum atomic E-state index is 11.8. The predicted octanol–water partition coefficient (Wildman–Crippen LogP) is 2.91. The number of hydrogen-bond donors (Lipinski definition) is 2. The van der Waals surface area contributed by atoms with E-state index in [1.165, 1.54) is 6.21 Å². The largest absolute Gasteiger partial charge is 0.490 e. The van der Waals surface area contributed by atoms with E-state index in [1.54, 1.807) is 12.1 Å². The molecule has 0 aliphatic carbocycles. The second-order valence-electron chi connectivity index (χ2n) is 6.34. The number of amides is 2. The van der Waals surface area contributed by atoms with Gasteiger partial charge in [-0.05, 0) is 51.3 Å². The van der Waals surface area contributed by atoms with Crippen LogP contribution in [0.1, 0.15) is 46.1 Å². The Morgan fingerprint density at radius 1 is 1.17 bits per heavy atom. The number of nitrogens with one attached hydrogen (secondary N) is 2. The lowest BCUT2D eigenvalue weighted by atomic mass is 10.2. The molecule has 29 heavy (non-hydrogen) atoms. The maximum absolute atomic E-state index is 11.8. The Morgan fingerprint density at radius 3 is 2.59 bits per heavy atom. The highest BCUT2D eigenvalue weighted by Gasteiger charge is 2.13. The number of nitrogens with zero attached hydrogens (tertiary/aromatic N) is 1. The average molecular weight is 428 g/mol. The Morgan fingerprint density at radius 2 is 1.93 bits per heavy atom. The summed E-state index contributed by atoms with van der Waals surface area (Å²) in [4.78, 5) is 23.5. The van der Waals surface area contributed by atoms with Crippen LogP contribution in [-0.2, 0) is 14.3 Å². The second-order valence-corrected chi connectivity index (χ2v) is 6.75. The van der Waals surface area contributed by atoms with Gasteiger partial charge >= 0.3 is 11.8 Å². The van der Waals surface area contributed by atoms with E-state index >= 15 is 0 Å². The van der Waals surface area contributed by atoms with Crippen molar-refractivity contribution in [1.82, 2.24) is 10.7 Å². The summed E-state index contributed by atoms with van der Waals surface area (Å²) in [5.74, 6) is -0.659. The minimum atomic E-state index is -0.856. The molecule has 1 aromatic rings. The molecule has 0 fully saturated rings. The Labute approximate surface area is 176 Å².